The zero-order valence-corrected chi connectivity index (χ0v) is 21.2. The van der Waals surface area contributed by atoms with E-state index in [9.17, 15) is 18.0 Å². The molecule has 0 aliphatic heterocycles. The average molecular weight is 512 g/mol. The van der Waals surface area contributed by atoms with Crippen molar-refractivity contribution in [2.75, 3.05) is 0 Å². The van der Waals surface area contributed by atoms with E-state index in [-0.39, 0.29) is 23.7 Å². The summed E-state index contributed by atoms with van der Waals surface area (Å²) < 4.78 is 40.8. The Hall–Kier alpha value is -3.85. The molecule has 3 aromatic carbocycles. The minimum Gasteiger partial charge on any atom is -0.459 e. The maximum absolute atomic E-state index is 12.8. The molecule has 3 aromatic rings. The van der Waals surface area contributed by atoms with Gasteiger partial charge in [0.1, 0.15) is 28.9 Å². The van der Waals surface area contributed by atoms with Crippen molar-refractivity contribution in [2.24, 2.45) is 0 Å². The van der Waals surface area contributed by atoms with E-state index in [4.69, 9.17) is 13.7 Å². The van der Waals surface area contributed by atoms with E-state index in [1.54, 1.807) is 51.1 Å². The van der Waals surface area contributed by atoms with Gasteiger partial charge >= 0.3 is 22.2 Å². The summed E-state index contributed by atoms with van der Waals surface area (Å²) in [6.45, 7) is 5.21. The lowest BCUT2D eigenvalue weighted by molar-refractivity contribution is -0.147. The fourth-order valence-corrected chi connectivity index (χ4v) is 4.10. The molecule has 0 bridgehead atoms. The summed E-state index contributed by atoms with van der Waals surface area (Å²) in [5.41, 5.74) is 0.714. The second-order valence-electron chi connectivity index (χ2n) is 8.99. The first-order valence-electron chi connectivity index (χ1n) is 11.3. The predicted molar refractivity (Wildman–Crippen MR) is 134 cm³/mol. The number of rotatable bonds is 9. The van der Waals surface area contributed by atoms with E-state index < -0.39 is 33.8 Å². The first-order chi connectivity index (χ1) is 17.0. The van der Waals surface area contributed by atoms with Crippen molar-refractivity contribution in [3.8, 4) is 5.75 Å². The Morgan fingerprint density at radius 3 is 2.00 bits per heavy atom. The highest BCUT2D eigenvalue weighted by Crippen LogP contribution is 2.20. The third-order valence-electron chi connectivity index (χ3n) is 4.80. The molecule has 0 fully saturated rings. The molecule has 0 heterocycles. The van der Waals surface area contributed by atoms with Crippen molar-refractivity contribution in [3.05, 3.63) is 96.1 Å². The maximum atomic E-state index is 12.8. The van der Waals surface area contributed by atoms with Gasteiger partial charge in [0.05, 0.1) is 0 Å². The fourth-order valence-electron chi connectivity index (χ4n) is 3.15. The first kappa shape index (κ1) is 26.7. The summed E-state index contributed by atoms with van der Waals surface area (Å²) in [7, 11) is -3.98. The first-order valence-corrected chi connectivity index (χ1v) is 12.7. The van der Waals surface area contributed by atoms with Gasteiger partial charge in [0.2, 0.25) is 0 Å². The van der Waals surface area contributed by atoms with Crippen LogP contribution in [0.3, 0.4) is 0 Å². The third-order valence-corrected chi connectivity index (χ3v) is 6.06. The van der Waals surface area contributed by atoms with Gasteiger partial charge in [-0.25, -0.2) is 9.59 Å². The minimum absolute atomic E-state index is 0.0388. The molecule has 3 rings (SSSR count). The van der Waals surface area contributed by atoms with E-state index in [2.05, 4.69) is 5.32 Å². The molecule has 0 saturated carbocycles. The van der Waals surface area contributed by atoms with Crippen molar-refractivity contribution in [1.82, 2.24) is 5.32 Å². The molecule has 36 heavy (non-hydrogen) atoms. The molecule has 0 aromatic heterocycles. The lowest BCUT2D eigenvalue weighted by Gasteiger charge is -2.23. The number of benzene rings is 3. The smallest absolute Gasteiger partial charge is 0.408 e. The lowest BCUT2D eigenvalue weighted by atomic mass is 10.1. The second kappa shape index (κ2) is 11.7. The van der Waals surface area contributed by atoms with Crippen LogP contribution >= 0.6 is 0 Å². The van der Waals surface area contributed by atoms with Crippen LogP contribution < -0.4 is 9.50 Å². The van der Waals surface area contributed by atoms with Crippen LogP contribution in [0.5, 0.6) is 5.75 Å². The van der Waals surface area contributed by atoms with E-state index in [1.165, 1.54) is 24.3 Å². The van der Waals surface area contributed by atoms with E-state index >= 15 is 0 Å². The zero-order valence-electron chi connectivity index (χ0n) is 20.3. The van der Waals surface area contributed by atoms with Crippen molar-refractivity contribution < 1.29 is 31.7 Å². The van der Waals surface area contributed by atoms with Gasteiger partial charge in [-0.05, 0) is 56.2 Å². The number of hydrogen-bond acceptors (Lipinski definition) is 7. The Morgan fingerprint density at radius 1 is 0.833 bits per heavy atom. The minimum atomic E-state index is -3.98. The number of carbonyl (C=O) groups excluding carboxylic acids is 2. The second-order valence-corrected chi connectivity index (χ2v) is 10.5. The topological polar surface area (TPSA) is 108 Å². The van der Waals surface area contributed by atoms with Crippen LogP contribution in [-0.4, -0.2) is 32.1 Å². The zero-order chi connectivity index (χ0) is 26.2. The summed E-state index contributed by atoms with van der Waals surface area (Å²) in [5, 5.41) is 2.57. The molecule has 9 heteroatoms. The SMILES string of the molecule is CC(C)(C)OC(=O)N[C@@H](Cc1ccc(OS(=O)(=O)c2ccccc2)cc1)C(=O)OCc1ccccc1. The molecule has 0 aliphatic rings. The molecule has 8 nitrogen and oxygen atoms in total. The lowest BCUT2D eigenvalue weighted by Crippen LogP contribution is -2.45. The highest BCUT2D eigenvalue weighted by molar-refractivity contribution is 7.87. The molecule has 1 amide bonds. The van der Waals surface area contributed by atoms with Gasteiger partial charge in [0, 0.05) is 6.42 Å². The van der Waals surface area contributed by atoms with Crippen LogP contribution in [-0.2, 0) is 37.4 Å². The molecule has 0 saturated heterocycles. The number of alkyl carbamates (subject to hydrolysis) is 1. The van der Waals surface area contributed by atoms with Crippen molar-refractivity contribution >= 4 is 22.2 Å². The molecular formula is C27H29NO7S. The Kier molecular flexibility index (Phi) is 8.71. The van der Waals surface area contributed by atoms with E-state index in [0.29, 0.717) is 5.56 Å². The third kappa shape index (κ3) is 8.42. The monoisotopic (exact) mass is 511 g/mol. The molecule has 190 valence electrons. The van der Waals surface area contributed by atoms with Crippen LogP contribution in [0.1, 0.15) is 31.9 Å². The van der Waals surface area contributed by atoms with Gasteiger partial charge in [-0.15, -0.1) is 0 Å². The van der Waals surface area contributed by atoms with Gasteiger partial charge in [-0.1, -0.05) is 60.7 Å². The normalized spacial score (nSPS) is 12.3. The van der Waals surface area contributed by atoms with Gasteiger partial charge in [0.25, 0.3) is 0 Å². The summed E-state index contributed by atoms with van der Waals surface area (Å²) in [5.74, 6) is -0.511. The number of ether oxygens (including phenoxy) is 2. The van der Waals surface area contributed by atoms with E-state index in [0.717, 1.165) is 5.56 Å². The number of esters is 1. The molecule has 1 N–H and O–H groups in total. The quantitative estimate of drug-likeness (QED) is 0.330. The maximum Gasteiger partial charge on any atom is 0.408 e. The summed E-state index contributed by atoms with van der Waals surface area (Å²) in [6.07, 6.45) is -0.656. The largest absolute Gasteiger partial charge is 0.459 e. The van der Waals surface area contributed by atoms with Crippen molar-refractivity contribution in [1.29, 1.82) is 0 Å². The Bertz CT molecular complexity index is 1250. The Morgan fingerprint density at radius 2 is 1.42 bits per heavy atom. The van der Waals surface area contributed by atoms with Gasteiger partial charge < -0.3 is 19.0 Å². The van der Waals surface area contributed by atoms with Crippen LogP contribution in [0.15, 0.2) is 89.8 Å². The Labute approximate surface area is 211 Å². The van der Waals surface area contributed by atoms with Crippen LogP contribution in [0.25, 0.3) is 0 Å². The van der Waals surface area contributed by atoms with Crippen LogP contribution in [0.2, 0.25) is 0 Å². The molecule has 1 atom stereocenters. The average Bonchev–Trinajstić information content (AvgIpc) is 2.83. The van der Waals surface area contributed by atoms with Gasteiger partial charge in [-0.3, -0.25) is 0 Å². The van der Waals surface area contributed by atoms with Crippen LogP contribution in [0.4, 0.5) is 4.79 Å². The summed E-state index contributed by atoms with van der Waals surface area (Å²) in [4.78, 5) is 25.2. The predicted octanol–water partition coefficient (Wildman–Crippen LogP) is 4.63. The fraction of sp³-hybridized carbons (Fsp3) is 0.259. The number of carbonyl (C=O) groups is 2. The highest BCUT2D eigenvalue weighted by atomic mass is 32.2. The highest BCUT2D eigenvalue weighted by Gasteiger charge is 2.26. The Balaban J connectivity index is 1.70. The molecule has 0 radical (unpaired) electrons. The number of nitrogens with one attached hydrogen (secondary N) is 1. The van der Waals surface area contributed by atoms with Crippen molar-refractivity contribution in [2.45, 2.75) is 50.3 Å². The standard InChI is InChI=1S/C27H29NO7S/c1-27(2,3)34-26(30)28-24(25(29)33-19-21-10-6-4-7-11-21)18-20-14-16-22(17-15-20)35-36(31,32)23-12-8-5-9-13-23/h4-17,24H,18-19H2,1-3H3,(H,28,30)/t24-/m0/s1. The van der Waals surface area contributed by atoms with Gasteiger partial charge in [-0.2, -0.15) is 8.42 Å². The molecule has 0 spiro atoms. The van der Waals surface area contributed by atoms with Crippen molar-refractivity contribution in [3.63, 3.8) is 0 Å². The number of hydrogen-bond donors (Lipinski definition) is 1. The molecule has 0 aliphatic carbocycles. The number of amides is 1. The van der Waals surface area contributed by atoms with E-state index in [1.807, 2.05) is 30.3 Å². The summed E-state index contributed by atoms with van der Waals surface area (Å²) in [6, 6.07) is 22.2. The summed E-state index contributed by atoms with van der Waals surface area (Å²) >= 11 is 0. The van der Waals surface area contributed by atoms with Crippen LogP contribution in [0, 0.1) is 0 Å². The van der Waals surface area contributed by atoms with Gasteiger partial charge in [0.15, 0.2) is 0 Å². The molecular weight excluding hydrogens is 482 g/mol. The molecule has 0 unspecified atom stereocenters.